The Morgan fingerprint density at radius 2 is 1.78 bits per heavy atom. The predicted molar refractivity (Wildman–Crippen MR) is 128 cm³/mol. The number of hydrogen-bond donors (Lipinski definition) is 2. The maximum atomic E-state index is 13.0. The molecule has 0 atom stereocenters. The number of aryl methyl sites for hydroxylation is 1. The second-order valence-corrected chi connectivity index (χ2v) is 8.48. The Labute approximate surface area is 188 Å². The van der Waals surface area contributed by atoms with Gasteiger partial charge in [-0.1, -0.05) is 30.3 Å². The summed E-state index contributed by atoms with van der Waals surface area (Å²) in [5.74, 6) is -0.824. The lowest BCUT2D eigenvalue weighted by Crippen LogP contribution is -2.26. The van der Waals surface area contributed by atoms with Gasteiger partial charge in [0.1, 0.15) is 6.42 Å². The fourth-order valence-corrected chi connectivity index (χ4v) is 4.70. The van der Waals surface area contributed by atoms with Crippen LogP contribution >= 0.6 is 11.3 Å². The molecule has 0 radical (unpaired) electrons. The molecule has 5 rings (SSSR count). The van der Waals surface area contributed by atoms with E-state index in [0.29, 0.717) is 27.6 Å². The van der Waals surface area contributed by atoms with E-state index >= 15 is 0 Å². The maximum Gasteiger partial charge on any atom is 0.265 e. The van der Waals surface area contributed by atoms with Crippen LogP contribution in [0.2, 0.25) is 0 Å². The van der Waals surface area contributed by atoms with E-state index in [1.807, 2.05) is 54.8 Å². The first kappa shape index (κ1) is 20.0. The third-order valence-electron chi connectivity index (χ3n) is 5.43. The van der Waals surface area contributed by atoms with Crippen molar-refractivity contribution in [2.45, 2.75) is 13.3 Å². The van der Waals surface area contributed by atoms with E-state index in [1.165, 1.54) is 11.3 Å². The molecule has 4 aromatic rings. The Morgan fingerprint density at radius 1 is 1.00 bits per heavy atom. The van der Waals surface area contributed by atoms with Crippen molar-refractivity contribution in [3.05, 3.63) is 82.6 Å². The Kier molecular flexibility index (Phi) is 4.95. The molecule has 2 heterocycles. The van der Waals surface area contributed by atoms with Crippen molar-refractivity contribution in [2.24, 2.45) is 0 Å². The number of carbonyl (C=O) groups excluding carboxylic acids is 3. The van der Waals surface area contributed by atoms with Crippen molar-refractivity contribution in [3.8, 4) is 0 Å². The summed E-state index contributed by atoms with van der Waals surface area (Å²) in [6.45, 7) is 1.90. The SMILES string of the molecule is Cc1ccsc1C(=O)Nc1ccc(N2C(=O)CC(=O)Nc3c2ccc2ccccc32)cc1. The minimum atomic E-state index is -0.342. The van der Waals surface area contributed by atoms with Crippen LogP contribution in [0.25, 0.3) is 10.8 Å². The highest BCUT2D eigenvalue weighted by atomic mass is 32.1. The molecule has 0 bridgehead atoms. The van der Waals surface area contributed by atoms with Gasteiger partial charge in [-0.2, -0.15) is 0 Å². The molecule has 0 unspecified atom stereocenters. The van der Waals surface area contributed by atoms with E-state index in [1.54, 1.807) is 29.2 Å². The molecule has 0 saturated carbocycles. The number of amides is 3. The number of anilines is 4. The number of thiophene rings is 1. The number of nitrogens with zero attached hydrogens (tertiary/aromatic N) is 1. The Hall–Kier alpha value is -3.97. The van der Waals surface area contributed by atoms with Crippen LogP contribution < -0.4 is 15.5 Å². The fourth-order valence-electron chi connectivity index (χ4n) is 3.88. The summed E-state index contributed by atoms with van der Waals surface area (Å²) in [5.41, 5.74) is 3.41. The lowest BCUT2D eigenvalue weighted by atomic mass is 10.1. The van der Waals surface area contributed by atoms with Crippen LogP contribution in [0.15, 0.2) is 72.1 Å². The van der Waals surface area contributed by atoms with Gasteiger partial charge in [-0.3, -0.25) is 19.3 Å². The normalized spacial score (nSPS) is 13.5. The zero-order valence-corrected chi connectivity index (χ0v) is 18.0. The quantitative estimate of drug-likeness (QED) is 0.414. The van der Waals surface area contributed by atoms with E-state index in [0.717, 1.165) is 16.3 Å². The van der Waals surface area contributed by atoms with Gasteiger partial charge in [0.05, 0.1) is 16.3 Å². The number of carbonyl (C=O) groups is 3. The van der Waals surface area contributed by atoms with Crippen LogP contribution in [0.3, 0.4) is 0 Å². The maximum absolute atomic E-state index is 13.0. The molecular weight excluding hydrogens is 422 g/mol. The summed E-state index contributed by atoms with van der Waals surface area (Å²) in [7, 11) is 0. The van der Waals surface area contributed by atoms with Crippen LogP contribution in [-0.4, -0.2) is 17.7 Å². The monoisotopic (exact) mass is 441 g/mol. The summed E-state index contributed by atoms with van der Waals surface area (Å²) in [4.78, 5) is 40.1. The van der Waals surface area contributed by atoms with Gasteiger partial charge in [0, 0.05) is 16.8 Å². The minimum Gasteiger partial charge on any atom is -0.323 e. The highest BCUT2D eigenvalue weighted by Crippen LogP contribution is 2.40. The number of fused-ring (bicyclic) bond motifs is 3. The molecule has 1 aliphatic heterocycles. The van der Waals surface area contributed by atoms with Gasteiger partial charge < -0.3 is 10.6 Å². The van der Waals surface area contributed by atoms with Gasteiger partial charge in [-0.15, -0.1) is 11.3 Å². The lowest BCUT2D eigenvalue weighted by molar-refractivity contribution is -0.124. The standard InChI is InChI=1S/C25H19N3O3S/c1-15-12-13-32-24(15)25(31)26-17-7-9-18(10-8-17)28-20-11-6-16-4-2-3-5-19(16)23(20)27-21(29)14-22(28)30/h2-13H,14H2,1H3,(H,26,31)(H,27,29). The summed E-state index contributed by atoms with van der Waals surface area (Å²) in [5, 5.41) is 9.51. The van der Waals surface area contributed by atoms with Gasteiger partial charge in [0.2, 0.25) is 11.8 Å². The minimum absolute atomic E-state index is 0.164. The highest BCUT2D eigenvalue weighted by Gasteiger charge is 2.28. The molecule has 1 aromatic heterocycles. The van der Waals surface area contributed by atoms with E-state index in [2.05, 4.69) is 10.6 Å². The van der Waals surface area contributed by atoms with Gasteiger partial charge >= 0.3 is 0 Å². The first-order chi connectivity index (χ1) is 15.5. The molecule has 3 aromatic carbocycles. The van der Waals surface area contributed by atoms with Crippen molar-refractivity contribution < 1.29 is 14.4 Å². The van der Waals surface area contributed by atoms with Crippen molar-refractivity contribution in [1.29, 1.82) is 0 Å². The van der Waals surface area contributed by atoms with E-state index in [4.69, 9.17) is 0 Å². The molecule has 0 saturated heterocycles. The van der Waals surface area contributed by atoms with Crippen LogP contribution in [0.1, 0.15) is 21.7 Å². The number of rotatable bonds is 3. The number of nitrogens with one attached hydrogen (secondary N) is 2. The largest absolute Gasteiger partial charge is 0.323 e. The van der Waals surface area contributed by atoms with Gasteiger partial charge in [-0.25, -0.2) is 0 Å². The second kappa shape index (κ2) is 7.94. The van der Waals surface area contributed by atoms with E-state index < -0.39 is 0 Å². The highest BCUT2D eigenvalue weighted by molar-refractivity contribution is 7.12. The fraction of sp³-hybridized carbons (Fsp3) is 0.0800. The summed E-state index contributed by atoms with van der Waals surface area (Å²) < 4.78 is 0. The molecule has 6 nitrogen and oxygen atoms in total. The molecule has 0 aliphatic carbocycles. The topological polar surface area (TPSA) is 78.5 Å². The molecule has 1 aliphatic rings. The Bertz CT molecular complexity index is 1370. The van der Waals surface area contributed by atoms with Crippen LogP contribution in [0.5, 0.6) is 0 Å². The molecule has 158 valence electrons. The molecular formula is C25H19N3O3S. The first-order valence-corrected chi connectivity index (χ1v) is 11.0. The van der Waals surface area contributed by atoms with Crippen molar-refractivity contribution in [2.75, 3.05) is 15.5 Å². The van der Waals surface area contributed by atoms with Gasteiger partial charge in [0.25, 0.3) is 5.91 Å². The Balaban J connectivity index is 1.51. The summed E-state index contributed by atoms with van der Waals surface area (Å²) in [6, 6.07) is 20.4. The zero-order chi connectivity index (χ0) is 22.2. The molecule has 2 N–H and O–H groups in total. The Morgan fingerprint density at radius 3 is 2.53 bits per heavy atom. The van der Waals surface area contributed by atoms with E-state index in [-0.39, 0.29) is 24.1 Å². The van der Waals surface area contributed by atoms with Gasteiger partial charge in [-0.05, 0) is 59.7 Å². The molecule has 7 heteroatoms. The summed E-state index contributed by atoms with van der Waals surface area (Å²) >= 11 is 1.39. The summed E-state index contributed by atoms with van der Waals surface area (Å²) in [6.07, 6.45) is -0.251. The third kappa shape index (κ3) is 3.52. The first-order valence-electron chi connectivity index (χ1n) is 10.1. The van der Waals surface area contributed by atoms with Crippen molar-refractivity contribution in [1.82, 2.24) is 0 Å². The second-order valence-electron chi connectivity index (χ2n) is 7.57. The predicted octanol–water partition coefficient (Wildman–Crippen LogP) is 5.47. The number of hydrogen-bond acceptors (Lipinski definition) is 4. The average molecular weight is 442 g/mol. The molecule has 32 heavy (non-hydrogen) atoms. The van der Waals surface area contributed by atoms with Gasteiger partial charge in [0.15, 0.2) is 0 Å². The van der Waals surface area contributed by atoms with Crippen molar-refractivity contribution in [3.63, 3.8) is 0 Å². The van der Waals surface area contributed by atoms with Crippen LogP contribution in [0.4, 0.5) is 22.7 Å². The van der Waals surface area contributed by atoms with Crippen molar-refractivity contribution >= 4 is 62.6 Å². The molecule has 3 amide bonds. The molecule has 0 fully saturated rings. The smallest absolute Gasteiger partial charge is 0.265 e. The van der Waals surface area contributed by atoms with E-state index in [9.17, 15) is 14.4 Å². The average Bonchev–Trinajstić information content (AvgIpc) is 3.16. The zero-order valence-electron chi connectivity index (χ0n) is 17.2. The van der Waals surface area contributed by atoms with Crippen LogP contribution in [-0.2, 0) is 9.59 Å². The molecule has 0 spiro atoms. The third-order valence-corrected chi connectivity index (χ3v) is 6.44. The number of benzene rings is 3. The lowest BCUT2D eigenvalue weighted by Gasteiger charge is -2.23. The van der Waals surface area contributed by atoms with Crippen LogP contribution in [0, 0.1) is 6.92 Å².